The fraction of sp³-hybridized carbons (Fsp3) is 0.278. The maximum absolute atomic E-state index is 12.2. The summed E-state index contributed by atoms with van der Waals surface area (Å²) in [5, 5.41) is 3.48. The predicted octanol–water partition coefficient (Wildman–Crippen LogP) is 4.71. The second-order valence-corrected chi connectivity index (χ2v) is 5.73. The molecule has 2 aromatic carbocycles. The van der Waals surface area contributed by atoms with Crippen molar-refractivity contribution in [2.75, 3.05) is 19.0 Å². The second-order valence-electron chi connectivity index (χ2n) is 5.33. The predicted molar refractivity (Wildman–Crippen MR) is 94.3 cm³/mol. The molecule has 2 aromatic rings. The summed E-state index contributed by atoms with van der Waals surface area (Å²) in [5.74, 6) is 0.831. The van der Waals surface area contributed by atoms with E-state index in [9.17, 15) is 4.79 Å². The van der Waals surface area contributed by atoms with Gasteiger partial charge in [0.2, 0.25) is 0 Å². The number of amides is 2. The number of benzene rings is 2. The van der Waals surface area contributed by atoms with Crippen molar-refractivity contribution in [3.63, 3.8) is 0 Å². The highest BCUT2D eigenvalue weighted by atomic mass is 35.5. The van der Waals surface area contributed by atoms with E-state index in [1.54, 1.807) is 18.0 Å². The number of anilines is 1. The number of ether oxygens (including phenoxy) is 1. The summed E-state index contributed by atoms with van der Waals surface area (Å²) < 4.78 is 5.41. The Kier molecular flexibility index (Phi) is 5.88. The summed E-state index contributed by atoms with van der Waals surface area (Å²) in [6.07, 6.45) is 0. The van der Waals surface area contributed by atoms with Crippen LogP contribution in [0.25, 0.3) is 0 Å². The van der Waals surface area contributed by atoms with Crippen LogP contribution in [-0.2, 0) is 6.54 Å². The lowest BCUT2D eigenvalue weighted by Crippen LogP contribution is -2.30. The number of nitrogens with zero attached hydrogens (tertiary/aromatic N) is 1. The third kappa shape index (κ3) is 4.89. The van der Waals surface area contributed by atoms with Crippen LogP contribution in [0.4, 0.5) is 10.5 Å². The van der Waals surface area contributed by atoms with Crippen LogP contribution in [-0.4, -0.2) is 24.6 Å². The number of nitrogens with one attached hydrogen (secondary N) is 1. The van der Waals surface area contributed by atoms with Crippen molar-refractivity contribution in [2.45, 2.75) is 20.4 Å². The highest BCUT2D eigenvalue weighted by molar-refractivity contribution is 6.31. The number of urea groups is 1. The van der Waals surface area contributed by atoms with Gasteiger partial charge >= 0.3 is 6.03 Å². The Balaban J connectivity index is 1.95. The van der Waals surface area contributed by atoms with E-state index >= 15 is 0 Å². The molecular weight excluding hydrogens is 312 g/mol. The number of carbonyl (C=O) groups excluding carboxylic acids is 1. The summed E-state index contributed by atoms with van der Waals surface area (Å²) in [4.78, 5) is 13.8. The van der Waals surface area contributed by atoms with Gasteiger partial charge in [-0.05, 0) is 49.2 Å². The fourth-order valence-electron chi connectivity index (χ4n) is 2.09. The van der Waals surface area contributed by atoms with E-state index in [0.29, 0.717) is 23.9 Å². The molecule has 4 nitrogen and oxygen atoms in total. The van der Waals surface area contributed by atoms with Crippen LogP contribution >= 0.6 is 11.6 Å². The minimum absolute atomic E-state index is 0.182. The highest BCUT2D eigenvalue weighted by Gasteiger charge is 2.10. The molecule has 2 rings (SSSR count). The summed E-state index contributed by atoms with van der Waals surface area (Å²) in [6, 6.07) is 13.0. The molecule has 2 amide bonds. The molecule has 0 aromatic heterocycles. The topological polar surface area (TPSA) is 41.6 Å². The van der Waals surface area contributed by atoms with Crippen LogP contribution in [0.3, 0.4) is 0 Å². The Hall–Kier alpha value is -2.20. The van der Waals surface area contributed by atoms with Crippen molar-refractivity contribution in [2.24, 2.45) is 0 Å². The molecular formula is C18H21ClN2O2. The van der Waals surface area contributed by atoms with Crippen LogP contribution < -0.4 is 10.1 Å². The average molecular weight is 333 g/mol. The Morgan fingerprint density at radius 3 is 2.52 bits per heavy atom. The van der Waals surface area contributed by atoms with Crippen molar-refractivity contribution >= 4 is 23.3 Å². The molecule has 0 aliphatic carbocycles. The van der Waals surface area contributed by atoms with Gasteiger partial charge in [-0.2, -0.15) is 0 Å². The zero-order valence-corrected chi connectivity index (χ0v) is 14.4. The molecule has 0 saturated carbocycles. The first-order valence-corrected chi connectivity index (χ1v) is 7.87. The lowest BCUT2D eigenvalue weighted by atomic mass is 10.2. The Morgan fingerprint density at radius 2 is 1.91 bits per heavy atom. The molecule has 0 unspecified atom stereocenters. The molecule has 0 fully saturated rings. The van der Waals surface area contributed by atoms with E-state index < -0.39 is 0 Å². The molecule has 0 heterocycles. The van der Waals surface area contributed by atoms with E-state index in [1.807, 2.05) is 50.2 Å². The first kappa shape index (κ1) is 17.2. The van der Waals surface area contributed by atoms with Gasteiger partial charge in [-0.3, -0.25) is 0 Å². The van der Waals surface area contributed by atoms with Gasteiger partial charge < -0.3 is 15.0 Å². The van der Waals surface area contributed by atoms with Gasteiger partial charge in [-0.1, -0.05) is 29.8 Å². The number of aryl methyl sites for hydroxylation is 1. The minimum atomic E-state index is -0.182. The van der Waals surface area contributed by atoms with Gasteiger partial charge in [0.25, 0.3) is 0 Å². The van der Waals surface area contributed by atoms with E-state index in [0.717, 1.165) is 16.9 Å². The lowest BCUT2D eigenvalue weighted by Gasteiger charge is -2.18. The quantitative estimate of drug-likeness (QED) is 0.861. The highest BCUT2D eigenvalue weighted by Crippen LogP contribution is 2.20. The van der Waals surface area contributed by atoms with Crippen LogP contribution in [0.2, 0.25) is 5.02 Å². The molecule has 1 N–H and O–H groups in total. The zero-order valence-electron chi connectivity index (χ0n) is 13.6. The summed E-state index contributed by atoms with van der Waals surface area (Å²) in [7, 11) is 1.75. The molecule has 0 aliphatic heterocycles. The summed E-state index contributed by atoms with van der Waals surface area (Å²) in [5.41, 5.74) is 2.70. The molecule has 122 valence electrons. The maximum Gasteiger partial charge on any atom is 0.321 e. The van der Waals surface area contributed by atoms with E-state index in [-0.39, 0.29) is 6.03 Å². The zero-order chi connectivity index (χ0) is 16.8. The van der Waals surface area contributed by atoms with Crippen LogP contribution in [0.5, 0.6) is 5.75 Å². The van der Waals surface area contributed by atoms with Gasteiger partial charge in [0.15, 0.2) is 0 Å². The summed E-state index contributed by atoms with van der Waals surface area (Å²) in [6.45, 7) is 5.02. The number of rotatable bonds is 5. The van der Waals surface area contributed by atoms with Crippen molar-refractivity contribution in [1.82, 2.24) is 4.90 Å². The Morgan fingerprint density at radius 1 is 1.22 bits per heavy atom. The monoisotopic (exact) mass is 332 g/mol. The van der Waals surface area contributed by atoms with E-state index in [1.165, 1.54) is 0 Å². The SMILES string of the molecule is CCOc1ccc(CN(C)C(=O)Nc2ccc(C)c(Cl)c2)cc1. The minimum Gasteiger partial charge on any atom is -0.494 e. The van der Waals surface area contributed by atoms with Crippen molar-refractivity contribution in [1.29, 1.82) is 0 Å². The van der Waals surface area contributed by atoms with Gasteiger partial charge in [0.1, 0.15) is 5.75 Å². The van der Waals surface area contributed by atoms with Gasteiger partial charge in [-0.15, -0.1) is 0 Å². The number of hydrogen-bond donors (Lipinski definition) is 1. The third-order valence-electron chi connectivity index (χ3n) is 3.42. The summed E-state index contributed by atoms with van der Waals surface area (Å²) >= 11 is 6.07. The number of carbonyl (C=O) groups is 1. The lowest BCUT2D eigenvalue weighted by molar-refractivity contribution is 0.220. The van der Waals surface area contributed by atoms with Crippen molar-refractivity contribution in [3.8, 4) is 5.75 Å². The average Bonchev–Trinajstić information content (AvgIpc) is 2.53. The van der Waals surface area contributed by atoms with Gasteiger partial charge in [0, 0.05) is 24.3 Å². The Labute approximate surface area is 142 Å². The second kappa shape index (κ2) is 7.88. The fourth-order valence-corrected chi connectivity index (χ4v) is 2.27. The molecule has 5 heteroatoms. The third-order valence-corrected chi connectivity index (χ3v) is 3.83. The van der Waals surface area contributed by atoms with Gasteiger partial charge in [0.05, 0.1) is 6.61 Å². The molecule has 23 heavy (non-hydrogen) atoms. The van der Waals surface area contributed by atoms with Crippen LogP contribution in [0.1, 0.15) is 18.1 Å². The van der Waals surface area contributed by atoms with E-state index in [4.69, 9.17) is 16.3 Å². The molecule has 0 atom stereocenters. The molecule has 0 saturated heterocycles. The number of hydrogen-bond acceptors (Lipinski definition) is 2. The molecule has 0 spiro atoms. The Bertz CT molecular complexity index is 671. The normalized spacial score (nSPS) is 10.3. The molecule has 0 radical (unpaired) electrons. The molecule has 0 aliphatic rings. The van der Waals surface area contributed by atoms with Crippen LogP contribution in [0, 0.1) is 6.92 Å². The first-order chi connectivity index (χ1) is 11.0. The van der Waals surface area contributed by atoms with Crippen molar-refractivity contribution in [3.05, 3.63) is 58.6 Å². The maximum atomic E-state index is 12.2. The van der Waals surface area contributed by atoms with Crippen LogP contribution in [0.15, 0.2) is 42.5 Å². The van der Waals surface area contributed by atoms with Gasteiger partial charge in [-0.25, -0.2) is 4.79 Å². The largest absolute Gasteiger partial charge is 0.494 e. The number of halogens is 1. The smallest absolute Gasteiger partial charge is 0.321 e. The standard InChI is InChI=1S/C18H21ClN2O2/c1-4-23-16-9-6-14(7-10-16)12-21(3)18(22)20-15-8-5-13(2)17(19)11-15/h5-11H,4,12H2,1-3H3,(H,20,22). The molecule has 0 bridgehead atoms. The first-order valence-electron chi connectivity index (χ1n) is 7.49. The van der Waals surface area contributed by atoms with Crippen molar-refractivity contribution < 1.29 is 9.53 Å². The van der Waals surface area contributed by atoms with E-state index in [2.05, 4.69) is 5.32 Å².